The van der Waals surface area contributed by atoms with Crippen LogP contribution in [-0.4, -0.2) is 25.3 Å². The first-order chi connectivity index (χ1) is 6.62. The minimum absolute atomic E-state index is 0.105. The van der Waals surface area contributed by atoms with Crippen LogP contribution in [0.15, 0.2) is 24.3 Å². The van der Waals surface area contributed by atoms with Gasteiger partial charge in [-0.3, -0.25) is 0 Å². The van der Waals surface area contributed by atoms with Crippen LogP contribution in [-0.2, 0) is 5.41 Å². The molecule has 0 amide bonds. The Hall–Kier alpha value is -0.570. The zero-order chi connectivity index (χ0) is 10.6. The zero-order valence-corrected chi connectivity index (χ0v) is 9.30. The molecule has 1 rings (SSSR count). The lowest BCUT2D eigenvalue weighted by Gasteiger charge is -2.27. The second-order valence-corrected chi connectivity index (χ2v) is 4.20. The number of likely N-dealkylation sites (N-methyl/N-ethyl adjacent to an activating group) is 1. The first kappa shape index (κ1) is 11.5. The van der Waals surface area contributed by atoms with Crippen molar-refractivity contribution in [1.29, 1.82) is 0 Å². The van der Waals surface area contributed by atoms with Gasteiger partial charge in [0.1, 0.15) is 0 Å². The molecule has 1 aromatic rings. The van der Waals surface area contributed by atoms with E-state index in [0.29, 0.717) is 5.02 Å². The molecule has 1 unspecified atom stereocenters. The quantitative estimate of drug-likeness (QED) is 0.800. The molecule has 3 heteroatoms. The Morgan fingerprint density at radius 2 is 2.21 bits per heavy atom. The van der Waals surface area contributed by atoms with Crippen LogP contribution >= 0.6 is 11.6 Å². The SMILES string of the molecule is CNCC(C)(CO)c1cccc(Cl)c1. The van der Waals surface area contributed by atoms with E-state index >= 15 is 0 Å². The summed E-state index contributed by atoms with van der Waals surface area (Å²) in [4.78, 5) is 0. The number of nitrogens with one attached hydrogen (secondary N) is 1. The van der Waals surface area contributed by atoms with Crippen LogP contribution < -0.4 is 5.32 Å². The number of aliphatic hydroxyl groups excluding tert-OH is 1. The van der Waals surface area contributed by atoms with Crippen LogP contribution in [0.1, 0.15) is 12.5 Å². The summed E-state index contributed by atoms with van der Waals surface area (Å²) in [6, 6.07) is 7.62. The Balaban J connectivity index is 2.99. The molecule has 1 atom stereocenters. The van der Waals surface area contributed by atoms with Crippen molar-refractivity contribution in [1.82, 2.24) is 5.32 Å². The van der Waals surface area contributed by atoms with Gasteiger partial charge in [0.05, 0.1) is 6.61 Å². The van der Waals surface area contributed by atoms with Crippen LogP contribution in [0.3, 0.4) is 0 Å². The molecule has 0 aliphatic rings. The highest BCUT2D eigenvalue weighted by molar-refractivity contribution is 6.30. The highest BCUT2D eigenvalue weighted by Gasteiger charge is 2.24. The van der Waals surface area contributed by atoms with Gasteiger partial charge < -0.3 is 10.4 Å². The van der Waals surface area contributed by atoms with E-state index in [2.05, 4.69) is 5.32 Å². The Labute approximate surface area is 89.9 Å². The molecule has 0 bridgehead atoms. The van der Waals surface area contributed by atoms with E-state index in [0.717, 1.165) is 12.1 Å². The Bertz CT molecular complexity index is 303. The monoisotopic (exact) mass is 213 g/mol. The fourth-order valence-corrected chi connectivity index (χ4v) is 1.69. The van der Waals surface area contributed by atoms with Crippen molar-refractivity contribution in [3.63, 3.8) is 0 Å². The molecule has 14 heavy (non-hydrogen) atoms. The third kappa shape index (κ3) is 2.47. The second kappa shape index (κ2) is 4.78. The summed E-state index contributed by atoms with van der Waals surface area (Å²) >= 11 is 5.91. The van der Waals surface area contributed by atoms with Crippen molar-refractivity contribution >= 4 is 11.6 Å². The van der Waals surface area contributed by atoms with Gasteiger partial charge in [0.15, 0.2) is 0 Å². The summed E-state index contributed by atoms with van der Waals surface area (Å²) < 4.78 is 0. The topological polar surface area (TPSA) is 32.3 Å². The maximum atomic E-state index is 9.38. The van der Waals surface area contributed by atoms with Crippen LogP contribution in [0.4, 0.5) is 0 Å². The summed E-state index contributed by atoms with van der Waals surface area (Å²) in [6.07, 6.45) is 0. The zero-order valence-electron chi connectivity index (χ0n) is 8.55. The minimum atomic E-state index is -0.264. The molecular formula is C11H16ClNO. The van der Waals surface area contributed by atoms with E-state index in [1.807, 2.05) is 38.2 Å². The molecule has 0 aliphatic carbocycles. The first-order valence-electron chi connectivity index (χ1n) is 4.64. The summed E-state index contributed by atoms with van der Waals surface area (Å²) in [5.41, 5.74) is 0.793. The Morgan fingerprint density at radius 1 is 1.50 bits per heavy atom. The molecule has 0 saturated heterocycles. The van der Waals surface area contributed by atoms with Crippen molar-refractivity contribution in [2.24, 2.45) is 0 Å². The van der Waals surface area contributed by atoms with E-state index in [-0.39, 0.29) is 12.0 Å². The van der Waals surface area contributed by atoms with Gasteiger partial charge >= 0.3 is 0 Å². The number of halogens is 1. The van der Waals surface area contributed by atoms with Crippen molar-refractivity contribution in [2.75, 3.05) is 20.2 Å². The summed E-state index contributed by atoms with van der Waals surface area (Å²) in [6.45, 7) is 2.84. The molecule has 78 valence electrons. The van der Waals surface area contributed by atoms with E-state index in [9.17, 15) is 5.11 Å². The number of benzene rings is 1. The molecule has 1 aromatic carbocycles. The summed E-state index contributed by atoms with van der Waals surface area (Å²) in [7, 11) is 1.87. The van der Waals surface area contributed by atoms with Gasteiger partial charge in [0.2, 0.25) is 0 Å². The van der Waals surface area contributed by atoms with Crippen molar-refractivity contribution < 1.29 is 5.11 Å². The number of aliphatic hydroxyl groups is 1. The largest absolute Gasteiger partial charge is 0.395 e. The Kier molecular flexibility index (Phi) is 3.93. The molecular weight excluding hydrogens is 198 g/mol. The van der Waals surface area contributed by atoms with Crippen LogP contribution in [0.5, 0.6) is 0 Å². The van der Waals surface area contributed by atoms with E-state index in [1.165, 1.54) is 0 Å². The van der Waals surface area contributed by atoms with Crippen LogP contribution in [0.25, 0.3) is 0 Å². The lowest BCUT2D eigenvalue weighted by atomic mass is 9.83. The smallest absolute Gasteiger partial charge is 0.0537 e. The van der Waals surface area contributed by atoms with Gasteiger partial charge in [0, 0.05) is 17.0 Å². The molecule has 0 radical (unpaired) electrons. The molecule has 0 aromatic heterocycles. The van der Waals surface area contributed by atoms with E-state index in [4.69, 9.17) is 11.6 Å². The van der Waals surface area contributed by atoms with Gasteiger partial charge in [-0.25, -0.2) is 0 Å². The molecule has 0 heterocycles. The molecule has 0 spiro atoms. The van der Waals surface area contributed by atoms with Gasteiger partial charge in [-0.2, -0.15) is 0 Å². The average Bonchev–Trinajstić information content (AvgIpc) is 2.18. The van der Waals surface area contributed by atoms with Gasteiger partial charge in [-0.15, -0.1) is 0 Å². The van der Waals surface area contributed by atoms with E-state index < -0.39 is 0 Å². The van der Waals surface area contributed by atoms with Crippen LogP contribution in [0.2, 0.25) is 5.02 Å². The molecule has 0 saturated carbocycles. The van der Waals surface area contributed by atoms with Crippen LogP contribution in [0, 0.1) is 0 Å². The summed E-state index contributed by atoms with van der Waals surface area (Å²) in [5.74, 6) is 0. The predicted octanol–water partition coefficient (Wildman–Crippen LogP) is 1.81. The number of hydrogen-bond donors (Lipinski definition) is 2. The maximum Gasteiger partial charge on any atom is 0.0537 e. The lowest BCUT2D eigenvalue weighted by molar-refractivity contribution is 0.204. The number of rotatable bonds is 4. The maximum absolute atomic E-state index is 9.38. The third-order valence-electron chi connectivity index (χ3n) is 2.44. The predicted molar refractivity (Wildman–Crippen MR) is 59.8 cm³/mol. The van der Waals surface area contributed by atoms with Crippen molar-refractivity contribution in [2.45, 2.75) is 12.3 Å². The fraction of sp³-hybridized carbons (Fsp3) is 0.455. The minimum Gasteiger partial charge on any atom is -0.395 e. The normalized spacial score (nSPS) is 15.1. The van der Waals surface area contributed by atoms with Gasteiger partial charge in [-0.05, 0) is 24.7 Å². The standard InChI is InChI=1S/C11H16ClNO/c1-11(8-14,7-13-2)9-4-3-5-10(12)6-9/h3-6,13-14H,7-8H2,1-2H3. The second-order valence-electron chi connectivity index (χ2n) is 3.76. The fourth-order valence-electron chi connectivity index (χ4n) is 1.50. The highest BCUT2D eigenvalue weighted by atomic mass is 35.5. The first-order valence-corrected chi connectivity index (χ1v) is 5.02. The van der Waals surface area contributed by atoms with Gasteiger partial charge in [0.25, 0.3) is 0 Å². The number of hydrogen-bond acceptors (Lipinski definition) is 2. The molecule has 2 N–H and O–H groups in total. The lowest BCUT2D eigenvalue weighted by Crippen LogP contribution is -2.37. The van der Waals surface area contributed by atoms with Crippen molar-refractivity contribution in [3.8, 4) is 0 Å². The summed E-state index contributed by atoms with van der Waals surface area (Å²) in [5, 5.41) is 13.2. The third-order valence-corrected chi connectivity index (χ3v) is 2.67. The molecule has 0 aliphatic heterocycles. The highest BCUT2D eigenvalue weighted by Crippen LogP contribution is 2.24. The van der Waals surface area contributed by atoms with Gasteiger partial charge in [-0.1, -0.05) is 30.7 Å². The molecule has 2 nitrogen and oxygen atoms in total. The average molecular weight is 214 g/mol. The van der Waals surface area contributed by atoms with E-state index in [1.54, 1.807) is 0 Å². The van der Waals surface area contributed by atoms with Crippen molar-refractivity contribution in [3.05, 3.63) is 34.9 Å². The molecule has 0 fully saturated rings. The Morgan fingerprint density at radius 3 is 2.71 bits per heavy atom.